The van der Waals surface area contributed by atoms with Gasteiger partial charge in [0, 0.05) is 10.2 Å². The molecule has 0 aliphatic carbocycles. The molecule has 0 saturated carbocycles. The van der Waals surface area contributed by atoms with Crippen molar-refractivity contribution in [3.05, 3.63) is 28.7 Å². The molecule has 1 atom stereocenters. The van der Waals surface area contributed by atoms with E-state index in [1.54, 1.807) is 19.1 Å². The van der Waals surface area contributed by atoms with Gasteiger partial charge in [-0.3, -0.25) is 4.72 Å². The van der Waals surface area contributed by atoms with Gasteiger partial charge in [-0.15, -0.1) is 0 Å². The largest absolute Gasteiger partial charge is 0.283 e. The summed E-state index contributed by atoms with van der Waals surface area (Å²) in [6, 6.07) is 7.12. The van der Waals surface area contributed by atoms with Crippen molar-refractivity contribution in [3.8, 4) is 0 Å². The Morgan fingerprint density at radius 2 is 1.88 bits per heavy atom. The fourth-order valence-corrected chi connectivity index (χ4v) is 2.84. The van der Waals surface area contributed by atoms with E-state index in [1.165, 1.54) is 0 Å². The van der Waals surface area contributed by atoms with Crippen LogP contribution in [0.4, 0.5) is 5.69 Å². The topological polar surface area (TPSA) is 46.2 Å². The first-order chi connectivity index (χ1) is 7.95. The Kier molecular flexibility index (Phi) is 5.46. The number of hydrogen-bond acceptors (Lipinski definition) is 2. The van der Waals surface area contributed by atoms with Gasteiger partial charge in [-0.1, -0.05) is 35.7 Å². The van der Waals surface area contributed by atoms with Crippen molar-refractivity contribution in [2.45, 2.75) is 38.4 Å². The van der Waals surface area contributed by atoms with Crippen molar-refractivity contribution in [3.63, 3.8) is 0 Å². The number of halogens is 1. The number of nitrogens with one attached hydrogen (secondary N) is 1. The second kappa shape index (κ2) is 6.40. The monoisotopic (exact) mass is 319 g/mol. The fraction of sp³-hybridized carbons (Fsp3) is 0.500. The van der Waals surface area contributed by atoms with Crippen LogP contribution in [-0.2, 0) is 10.0 Å². The highest BCUT2D eigenvalue weighted by molar-refractivity contribution is 9.10. The van der Waals surface area contributed by atoms with Gasteiger partial charge in [0.05, 0.1) is 5.25 Å². The molecule has 5 heteroatoms. The third-order valence-corrected chi connectivity index (χ3v) is 4.94. The minimum Gasteiger partial charge on any atom is -0.283 e. The van der Waals surface area contributed by atoms with Crippen molar-refractivity contribution in [2.75, 3.05) is 4.72 Å². The Bertz CT molecular complexity index is 442. The first-order valence-electron chi connectivity index (χ1n) is 5.73. The number of hydrogen-bond donors (Lipinski definition) is 1. The lowest BCUT2D eigenvalue weighted by Gasteiger charge is -2.14. The van der Waals surface area contributed by atoms with Gasteiger partial charge in [-0.25, -0.2) is 8.42 Å². The maximum Gasteiger partial charge on any atom is 0.235 e. The summed E-state index contributed by atoms with van der Waals surface area (Å²) >= 11 is 3.31. The van der Waals surface area contributed by atoms with E-state index in [2.05, 4.69) is 27.6 Å². The Morgan fingerprint density at radius 3 is 2.41 bits per heavy atom. The molecule has 0 aliphatic rings. The van der Waals surface area contributed by atoms with E-state index in [0.717, 1.165) is 17.3 Å². The summed E-state index contributed by atoms with van der Waals surface area (Å²) in [5, 5.41) is -0.355. The Labute approximate surface area is 112 Å². The Morgan fingerprint density at radius 1 is 1.29 bits per heavy atom. The zero-order valence-corrected chi connectivity index (χ0v) is 12.5. The summed E-state index contributed by atoms with van der Waals surface area (Å²) in [5.74, 6) is 0. The zero-order chi connectivity index (χ0) is 12.9. The highest BCUT2D eigenvalue weighted by Crippen LogP contribution is 2.18. The van der Waals surface area contributed by atoms with Crippen molar-refractivity contribution in [2.24, 2.45) is 0 Å². The van der Waals surface area contributed by atoms with Gasteiger partial charge < -0.3 is 0 Å². The lowest BCUT2D eigenvalue weighted by atomic mass is 10.2. The highest BCUT2D eigenvalue weighted by Gasteiger charge is 2.19. The number of sulfonamides is 1. The number of rotatable bonds is 6. The highest BCUT2D eigenvalue weighted by atomic mass is 79.9. The molecule has 0 saturated heterocycles. The van der Waals surface area contributed by atoms with Gasteiger partial charge in [0.15, 0.2) is 0 Å². The molecule has 0 radical (unpaired) electrons. The molecule has 0 aliphatic heterocycles. The first-order valence-corrected chi connectivity index (χ1v) is 8.07. The lowest BCUT2D eigenvalue weighted by molar-refractivity contribution is 0.576. The van der Waals surface area contributed by atoms with E-state index in [1.807, 2.05) is 12.1 Å². The van der Waals surface area contributed by atoms with E-state index in [0.29, 0.717) is 12.1 Å². The number of anilines is 1. The maximum absolute atomic E-state index is 12.0. The summed E-state index contributed by atoms with van der Waals surface area (Å²) < 4.78 is 27.5. The minimum atomic E-state index is -3.26. The zero-order valence-electron chi connectivity index (χ0n) is 10.1. The maximum atomic E-state index is 12.0. The second-order valence-corrected chi connectivity index (χ2v) is 7.12. The van der Waals surface area contributed by atoms with Crippen LogP contribution in [0.2, 0.25) is 0 Å². The van der Waals surface area contributed by atoms with Crippen LogP contribution < -0.4 is 4.72 Å². The molecule has 1 rings (SSSR count). The van der Waals surface area contributed by atoms with Crippen LogP contribution >= 0.6 is 15.9 Å². The molecule has 0 fully saturated rings. The van der Waals surface area contributed by atoms with E-state index < -0.39 is 10.0 Å². The average Bonchev–Trinajstić information content (AvgIpc) is 2.28. The minimum absolute atomic E-state index is 0.355. The second-order valence-electron chi connectivity index (χ2n) is 4.11. The number of unbranched alkanes of at least 4 members (excludes halogenated alkanes) is 1. The predicted octanol–water partition coefficient (Wildman–Crippen LogP) is 3.77. The van der Waals surface area contributed by atoms with E-state index in [4.69, 9.17) is 0 Å². The van der Waals surface area contributed by atoms with Gasteiger partial charge in [-0.05, 0) is 37.6 Å². The van der Waals surface area contributed by atoms with E-state index in [-0.39, 0.29) is 5.25 Å². The molecule has 17 heavy (non-hydrogen) atoms. The molecular formula is C12H18BrNO2S. The van der Waals surface area contributed by atoms with Gasteiger partial charge in [-0.2, -0.15) is 0 Å². The summed E-state index contributed by atoms with van der Waals surface area (Å²) in [6.07, 6.45) is 2.64. The molecule has 3 nitrogen and oxygen atoms in total. The Hall–Kier alpha value is -0.550. The molecule has 0 heterocycles. The standard InChI is InChI=1S/C12H18BrNO2S/c1-3-4-5-10(2)17(15,16)14-12-8-6-11(13)7-9-12/h6-10,14H,3-5H2,1-2H3. The summed E-state index contributed by atoms with van der Waals surface area (Å²) in [5.41, 5.74) is 0.608. The quantitative estimate of drug-likeness (QED) is 0.867. The molecule has 0 spiro atoms. The summed E-state index contributed by atoms with van der Waals surface area (Å²) in [6.45, 7) is 3.80. The van der Waals surface area contributed by atoms with Crippen LogP contribution in [0.5, 0.6) is 0 Å². The first kappa shape index (κ1) is 14.5. The van der Waals surface area contributed by atoms with Crippen LogP contribution in [-0.4, -0.2) is 13.7 Å². The van der Waals surface area contributed by atoms with Crippen LogP contribution in [0.3, 0.4) is 0 Å². The predicted molar refractivity (Wildman–Crippen MR) is 75.7 cm³/mol. The molecule has 1 N–H and O–H groups in total. The molecule has 1 unspecified atom stereocenters. The third kappa shape index (κ3) is 4.68. The molecule has 0 amide bonds. The average molecular weight is 320 g/mol. The van der Waals surface area contributed by atoms with Gasteiger partial charge in [0.25, 0.3) is 0 Å². The van der Waals surface area contributed by atoms with Crippen molar-refractivity contribution >= 4 is 31.6 Å². The Balaban J connectivity index is 2.69. The van der Waals surface area contributed by atoms with Gasteiger partial charge >= 0.3 is 0 Å². The molecular weight excluding hydrogens is 302 g/mol. The van der Waals surface area contributed by atoms with Crippen LogP contribution in [0.1, 0.15) is 33.1 Å². The third-order valence-electron chi connectivity index (χ3n) is 2.60. The fourth-order valence-electron chi connectivity index (χ4n) is 1.43. The van der Waals surface area contributed by atoms with Crippen molar-refractivity contribution in [1.82, 2.24) is 0 Å². The van der Waals surface area contributed by atoms with Gasteiger partial charge in [0.2, 0.25) is 10.0 Å². The molecule has 96 valence electrons. The van der Waals surface area contributed by atoms with Crippen molar-refractivity contribution < 1.29 is 8.42 Å². The SMILES string of the molecule is CCCCC(C)S(=O)(=O)Nc1ccc(Br)cc1. The summed E-state index contributed by atoms with van der Waals surface area (Å²) in [7, 11) is -3.26. The van der Waals surface area contributed by atoms with Crippen LogP contribution in [0.15, 0.2) is 28.7 Å². The normalized spacial score (nSPS) is 13.4. The summed E-state index contributed by atoms with van der Waals surface area (Å²) in [4.78, 5) is 0. The van der Waals surface area contributed by atoms with E-state index in [9.17, 15) is 8.42 Å². The molecule has 1 aromatic carbocycles. The lowest BCUT2D eigenvalue weighted by Crippen LogP contribution is -2.25. The molecule has 0 bridgehead atoms. The molecule has 0 aromatic heterocycles. The molecule has 1 aromatic rings. The van der Waals surface area contributed by atoms with Gasteiger partial charge in [0.1, 0.15) is 0 Å². The van der Waals surface area contributed by atoms with Crippen LogP contribution in [0, 0.1) is 0 Å². The smallest absolute Gasteiger partial charge is 0.235 e. The van der Waals surface area contributed by atoms with Crippen LogP contribution in [0.25, 0.3) is 0 Å². The van der Waals surface area contributed by atoms with Crippen molar-refractivity contribution in [1.29, 1.82) is 0 Å². The number of benzene rings is 1. The van der Waals surface area contributed by atoms with E-state index >= 15 is 0 Å².